The number of carbonyl (C=O) groups excluding carboxylic acids is 3. The van der Waals surface area contributed by atoms with Crippen molar-refractivity contribution in [3.05, 3.63) is 28.0 Å². The number of Topliss-reactive ketones (excluding diaryl/α,β-unsaturated/α-hetero) is 1. The minimum absolute atomic E-state index is 0.0237. The Morgan fingerprint density at radius 2 is 1.83 bits per heavy atom. The maximum absolute atomic E-state index is 12.6. The maximum Gasteiger partial charge on any atom is 0.417 e. The van der Waals surface area contributed by atoms with E-state index in [9.17, 15) is 14.4 Å². The summed E-state index contributed by atoms with van der Waals surface area (Å²) in [5, 5.41) is 0.225. The second kappa shape index (κ2) is 7.07. The molecule has 1 aromatic heterocycles. The molecule has 130 valence electrons. The number of hydrogen-bond acceptors (Lipinski definition) is 5. The number of imide groups is 1. The summed E-state index contributed by atoms with van der Waals surface area (Å²) in [4.78, 5) is 41.6. The number of piperidine rings is 1. The van der Waals surface area contributed by atoms with Crippen molar-refractivity contribution in [1.29, 1.82) is 0 Å². The fraction of sp³-hybridized carbons (Fsp3) is 0.500. The number of carbonyl (C=O) groups is 3. The first-order valence-corrected chi connectivity index (χ1v) is 8.23. The van der Waals surface area contributed by atoms with Crippen LogP contribution in [0.2, 0.25) is 10.3 Å². The largest absolute Gasteiger partial charge is 0.443 e. The Hall–Kier alpha value is -1.66. The van der Waals surface area contributed by atoms with Crippen LogP contribution in [-0.4, -0.2) is 39.8 Å². The number of aromatic nitrogens is 1. The van der Waals surface area contributed by atoms with Crippen LogP contribution in [0.3, 0.4) is 0 Å². The summed E-state index contributed by atoms with van der Waals surface area (Å²) in [6.07, 6.45) is -0.285. The van der Waals surface area contributed by atoms with Crippen molar-refractivity contribution < 1.29 is 19.1 Å². The van der Waals surface area contributed by atoms with Gasteiger partial charge in [-0.15, -0.1) is 0 Å². The fourth-order valence-electron chi connectivity index (χ4n) is 2.40. The number of ketones is 1. The molecule has 6 nitrogen and oxygen atoms in total. The lowest BCUT2D eigenvalue weighted by atomic mass is 9.90. The minimum atomic E-state index is -0.740. The monoisotopic (exact) mass is 372 g/mol. The number of ether oxygens (including phenoxy) is 1. The standard InChI is InChI=1S/C16H18Cl2N2O4/c1-16(2,3)24-15(23)20-8-9(4-5-13(20)21)14(22)10-6-11(17)19-12(18)7-10/h6-7,9H,4-5,8H2,1-3H3. The summed E-state index contributed by atoms with van der Waals surface area (Å²) in [5.74, 6) is -1.11. The molecule has 0 radical (unpaired) electrons. The van der Waals surface area contributed by atoms with Crippen LogP contribution in [0, 0.1) is 5.92 Å². The van der Waals surface area contributed by atoms with Gasteiger partial charge in [-0.3, -0.25) is 9.59 Å². The van der Waals surface area contributed by atoms with E-state index in [4.69, 9.17) is 27.9 Å². The highest BCUT2D eigenvalue weighted by Crippen LogP contribution is 2.25. The van der Waals surface area contributed by atoms with Crippen molar-refractivity contribution in [2.75, 3.05) is 6.54 Å². The summed E-state index contributed by atoms with van der Waals surface area (Å²) in [6.45, 7) is 5.11. The first-order chi connectivity index (χ1) is 11.1. The third kappa shape index (κ3) is 4.68. The highest BCUT2D eigenvalue weighted by atomic mass is 35.5. The van der Waals surface area contributed by atoms with E-state index in [1.165, 1.54) is 12.1 Å². The van der Waals surface area contributed by atoms with E-state index in [0.29, 0.717) is 12.0 Å². The van der Waals surface area contributed by atoms with Crippen LogP contribution in [-0.2, 0) is 9.53 Å². The Balaban J connectivity index is 2.16. The summed E-state index contributed by atoms with van der Waals surface area (Å²) < 4.78 is 5.22. The molecule has 1 fully saturated rings. The van der Waals surface area contributed by atoms with Crippen molar-refractivity contribution >= 4 is 41.0 Å². The molecule has 0 bridgehead atoms. The van der Waals surface area contributed by atoms with E-state index in [-0.39, 0.29) is 35.0 Å². The topological polar surface area (TPSA) is 76.6 Å². The molecule has 0 spiro atoms. The molecule has 0 aliphatic carbocycles. The van der Waals surface area contributed by atoms with Gasteiger partial charge < -0.3 is 4.74 Å². The second-order valence-electron chi connectivity index (χ2n) is 6.59. The molecule has 0 aromatic carbocycles. The molecule has 1 aromatic rings. The zero-order valence-electron chi connectivity index (χ0n) is 13.6. The van der Waals surface area contributed by atoms with Gasteiger partial charge in [0.15, 0.2) is 5.78 Å². The Morgan fingerprint density at radius 3 is 2.38 bits per heavy atom. The van der Waals surface area contributed by atoms with E-state index in [2.05, 4.69) is 4.98 Å². The first kappa shape index (κ1) is 18.7. The van der Waals surface area contributed by atoms with Crippen LogP contribution in [0.25, 0.3) is 0 Å². The number of rotatable bonds is 2. The molecule has 2 amide bonds. The van der Waals surface area contributed by atoms with Crippen molar-refractivity contribution in [2.24, 2.45) is 5.92 Å². The number of amides is 2. The first-order valence-electron chi connectivity index (χ1n) is 7.47. The lowest BCUT2D eigenvalue weighted by molar-refractivity contribution is -0.133. The maximum atomic E-state index is 12.6. The van der Waals surface area contributed by atoms with Gasteiger partial charge in [0.05, 0.1) is 0 Å². The Bertz CT molecular complexity index is 665. The van der Waals surface area contributed by atoms with Crippen LogP contribution in [0.15, 0.2) is 12.1 Å². The van der Waals surface area contributed by atoms with E-state index >= 15 is 0 Å². The molecule has 2 heterocycles. The van der Waals surface area contributed by atoms with Crippen molar-refractivity contribution in [3.8, 4) is 0 Å². The Morgan fingerprint density at radius 1 is 1.25 bits per heavy atom. The van der Waals surface area contributed by atoms with Gasteiger partial charge >= 0.3 is 6.09 Å². The van der Waals surface area contributed by atoms with Crippen LogP contribution in [0.1, 0.15) is 44.0 Å². The van der Waals surface area contributed by atoms with Gasteiger partial charge in [0.25, 0.3) is 0 Å². The lowest BCUT2D eigenvalue weighted by Crippen LogP contribution is -2.47. The molecule has 1 aliphatic heterocycles. The highest BCUT2D eigenvalue weighted by molar-refractivity contribution is 6.33. The quantitative estimate of drug-likeness (QED) is 0.583. The van der Waals surface area contributed by atoms with Gasteiger partial charge in [-0.1, -0.05) is 23.2 Å². The predicted molar refractivity (Wildman–Crippen MR) is 89.3 cm³/mol. The average Bonchev–Trinajstić information content (AvgIpc) is 2.44. The Labute approximate surface area is 150 Å². The molecule has 1 aliphatic rings. The van der Waals surface area contributed by atoms with Gasteiger partial charge in [0, 0.05) is 24.4 Å². The summed E-state index contributed by atoms with van der Waals surface area (Å²) in [6, 6.07) is 2.84. The number of likely N-dealkylation sites (tertiary alicyclic amines) is 1. The SMILES string of the molecule is CC(C)(C)OC(=O)N1CC(C(=O)c2cc(Cl)nc(Cl)c2)CCC1=O. The predicted octanol–water partition coefficient (Wildman–Crippen LogP) is 3.74. The molecule has 1 saturated heterocycles. The Kier molecular flexibility index (Phi) is 5.50. The molecule has 8 heteroatoms. The zero-order chi connectivity index (χ0) is 18.1. The van der Waals surface area contributed by atoms with Gasteiger partial charge in [0.2, 0.25) is 5.91 Å². The second-order valence-corrected chi connectivity index (χ2v) is 7.36. The van der Waals surface area contributed by atoms with E-state index in [1.54, 1.807) is 20.8 Å². The van der Waals surface area contributed by atoms with E-state index in [0.717, 1.165) is 4.90 Å². The van der Waals surface area contributed by atoms with Gasteiger partial charge in [-0.25, -0.2) is 14.7 Å². The molecular weight excluding hydrogens is 355 g/mol. The van der Waals surface area contributed by atoms with Crippen LogP contribution >= 0.6 is 23.2 Å². The smallest absolute Gasteiger partial charge is 0.417 e. The third-order valence-corrected chi connectivity index (χ3v) is 3.83. The number of pyridine rings is 1. The number of nitrogens with zero attached hydrogens (tertiary/aromatic N) is 2. The summed E-state index contributed by atoms with van der Waals surface area (Å²) in [5.41, 5.74) is -0.413. The highest BCUT2D eigenvalue weighted by Gasteiger charge is 2.36. The third-order valence-electron chi connectivity index (χ3n) is 3.44. The minimum Gasteiger partial charge on any atom is -0.443 e. The van der Waals surface area contributed by atoms with E-state index in [1.807, 2.05) is 0 Å². The van der Waals surface area contributed by atoms with Crippen LogP contribution < -0.4 is 0 Å². The molecule has 2 rings (SSSR count). The number of hydrogen-bond donors (Lipinski definition) is 0. The molecular formula is C16H18Cl2N2O4. The normalized spacial score (nSPS) is 18.5. The summed E-state index contributed by atoms with van der Waals surface area (Å²) in [7, 11) is 0. The fourth-order valence-corrected chi connectivity index (χ4v) is 2.86. The van der Waals surface area contributed by atoms with Crippen LogP contribution in [0.4, 0.5) is 4.79 Å². The molecule has 1 atom stereocenters. The van der Waals surface area contributed by atoms with Gasteiger partial charge in [-0.2, -0.15) is 0 Å². The van der Waals surface area contributed by atoms with E-state index < -0.39 is 17.6 Å². The summed E-state index contributed by atoms with van der Waals surface area (Å²) >= 11 is 11.6. The molecule has 0 N–H and O–H groups in total. The molecule has 24 heavy (non-hydrogen) atoms. The zero-order valence-corrected chi connectivity index (χ0v) is 15.1. The molecule has 0 saturated carbocycles. The van der Waals surface area contributed by atoms with Crippen molar-refractivity contribution in [3.63, 3.8) is 0 Å². The van der Waals surface area contributed by atoms with Crippen molar-refractivity contribution in [1.82, 2.24) is 9.88 Å². The average molecular weight is 373 g/mol. The van der Waals surface area contributed by atoms with Gasteiger partial charge in [0.1, 0.15) is 15.9 Å². The lowest BCUT2D eigenvalue weighted by Gasteiger charge is -2.32. The molecule has 1 unspecified atom stereocenters. The van der Waals surface area contributed by atoms with Crippen molar-refractivity contribution in [2.45, 2.75) is 39.2 Å². The van der Waals surface area contributed by atoms with Gasteiger partial charge in [-0.05, 0) is 39.3 Å². The number of halogens is 2. The van der Waals surface area contributed by atoms with Crippen LogP contribution in [0.5, 0.6) is 0 Å².